The Hall–Kier alpha value is -6.42. The van der Waals surface area contributed by atoms with E-state index in [-0.39, 0.29) is 17.7 Å². The summed E-state index contributed by atoms with van der Waals surface area (Å²) in [5, 5.41) is 0. The van der Waals surface area contributed by atoms with Crippen LogP contribution in [0.3, 0.4) is 0 Å². The van der Waals surface area contributed by atoms with Gasteiger partial charge in [-0.2, -0.15) is 0 Å². The Balaban J connectivity index is 1.06. The third-order valence-corrected chi connectivity index (χ3v) is 7.41. The highest BCUT2D eigenvalue weighted by Gasteiger charge is 2.18. The van der Waals surface area contributed by atoms with Gasteiger partial charge in [-0.05, 0) is 66.9 Å². The smallest absolute Gasteiger partial charge is 0.341 e. The molecule has 10 heteroatoms. The molecule has 0 aliphatic heterocycles. The van der Waals surface area contributed by atoms with E-state index >= 15 is 0 Å². The quantitative estimate of drug-likeness (QED) is 0.0975. The second-order valence-electron chi connectivity index (χ2n) is 10.6. The number of para-hydroxylation sites is 3. The Morgan fingerprint density at radius 3 is 1.35 bits per heavy atom. The van der Waals surface area contributed by atoms with Crippen molar-refractivity contribution in [3.05, 3.63) is 157 Å². The molecule has 48 heavy (non-hydrogen) atoms. The van der Waals surface area contributed by atoms with Crippen LogP contribution in [0.4, 0.5) is 34.6 Å². The van der Waals surface area contributed by atoms with E-state index in [4.69, 9.17) is 9.47 Å². The van der Waals surface area contributed by atoms with Gasteiger partial charge in [0.05, 0.1) is 24.8 Å². The molecule has 0 bridgehead atoms. The molecule has 0 amide bonds. The average Bonchev–Trinajstić information content (AvgIpc) is 3.16. The molecular weight excluding hydrogens is 604 g/mol. The summed E-state index contributed by atoms with van der Waals surface area (Å²) in [5.74, 6) is -0.107. The standard InChI is InChI=1S/C38H32N6O4/c1-47-35(45)29-24-39-38(40-25-29)44(33-17-9-4-10-18-33)34-21-19-28(20-22-34)12-11-23-48-36(46)30-26-41-37(42-27-30)43(31-13-5-2-6-14-31)32-15-7-3-8-16-32/h2-10,13-22,24-27H,11-12,23H2,1H3. The van der Waals surface area contributed by atoms with E-state index in [0.717, 1.165) is 28.3 Å². The third kappa shape index (κ3) is 7.51. The van der Waals surface area contributed by atoms with Crippen LogP contribution >= 0.6 is 0 Å². The maximum atomic E-state index is 12.8. The number of hydrogen-bond acceptors (Lipinski definition) is 10. The molecule has 0 saturated heterocycles. The lowest BCUT2D eigenvalue weighted by Gasteiger charge is -2.23. The molecule has 6 aromatic rings. The molecule has 238 valence electrons. The number of ether oxygens (including phenoxy) is 2. The van der Waals surface area contributed by atoms with Gasteiger partial charge in [-0.25, -0.2) is 29.5 Å². The number of benzene rings is 4. The van der Waals surface area contributed by atoms with Crippen LogP contribution in [0.15, 0.2) is 140 Å². The summed E-state index contributed by atoms with van der Waals surface area (Å²) in [5.41, 5.74) is 5.17. The summed E-state index contributed by atoms with van der Waals surface area (Å²) in [6.07, 6.45) is 7.23. The number of nitrogens with zero attached hydrogens (tertiary/aromatic N) is 6. The van der Waals surface area contributed by atoms with Crippen LogP contribution in [-0.4, -0.2) is 45.6 Å². The van der Waals surface area contributed by atoms with Crippen molar-refractivity contribution >= 4 is 46.6 Å². The zero-order valence-electron chi connectivity index (χ0n) is 26.2. The van der Waals surface area contributed by atoms with Gasteiger partial charge in [-0.1, -0.05) is 66.7 Å². The van der Waals surface area contributed by atoms with Crippen LogP contribution in [0.1, 0.15) is 32.7 Å². The van der Waals surface area contributed by atoms with Gasteiger partial charge in [0.25, 0.3) is 0 Å². The molecule has 0 unspecified atom stereocenters. The van der Waals surface area contributed by atoms with Crippen LogP contribution in [0.25, 0.3) is 0 Å². The molecule has 2 aromatic heterocycles. The number of aromatic nitrogens is 4. The third-order valence-electron chi connectivity index (χ3n) is 7.41. The molecule has 0 spiro atoms. The monoisotopic (exact) mass is 636 g/mol. The normalized spacial score (nSPS) is 10.6. The largest absolute Gasteiger partial charge is 0.465 e. The Morgan fingerprint density at radius 1 is 0.542 bits per heavy atom. The minimum absolute atomic E-state index is 0.249. The first-order valence-electron chi connectivity index (χ1n) is 15.3. The van der Waals surface area contributed by atoms with Gasteiger partial charge in [0.2, 0.25) is 11.9 Å². The van der Waals surface area contributed by atoms with E-state index in [1.54, 1.807) is 0 Å². The maximum Gasteiger partial charge on any atom is 0.341 e. The van der Waals surface area contributed by atoms with E-state index in [9.17, 15) is 9.59 Å². The van der Waals surface area contributed by atoms with Crippen molar-refractivity contribution in [2.24, 2.45) is 0 Å². The van der Waals surface area contributed by atoms with Crippen molar-refractivity contribution in [3.8, 4) is 0 Å². The van der Waals surface area contributed by atoms with Gasteiger partial charge in [-0.15, -0.1) is 0 Å². The molecule has 0 aliphatic carbocycles. The Morgan fingerprint density at radius 2 is 0.938 bits per heavy atom. The molecule has 0 radical (unpaired) electrons. The Kier molecular flexibility index (Phi) is 10.0. The number of anilines is 6. The highest BCUT2D eigenvalue weighted by Crippen LogP contribution is 2.33. The second kappa shape index (κ2) is 15.2. The molecule has 0 atom stereocenters. The first kappa shape index (κ1) is 31.6. The van der Waals surface area contributed by atoms with Crippen LogP contribution in [0.2, 0.25) is 0 Å². The van der Waals surface area contributed by atoms with E-state index in [2.05, 4.69) is 19.9 Å². The van der Waals surface area contributed by atoms with E-state index in [1.165, 1.54) is 31.9 Å². The fraction of sp³-hybridized carbons (Fsp3) is 0.105. The molecular formula is C38H32N6O4. The van der Waals surface area contributed by atoms with Gasteiger partial charge < -0.3 is 9.47 Å². The molecule has 0 N–H and O–H groups in total. The lowest BCUT2D eigenvalue weighted by Crippen LogP contribution is -2.15. The second-order valence-corrected chi connectivity index (χ2v) is 10.6. The molecule has 0 aliphatic rings. The minimum atomic E-state index is -0.497. The molecule has 10 nitrogen and oxygen atoms in total. The van der Waals surface area contributed by atoms with Crippen molar-refractivity contribution in [1.82, 2.24) is 19.9 Å². The molecule has 0 saturated carbocycles. The molecule has 2 heterocycles. The van der Waals surface area contributed by atoms with Crippen molar-refractivity contribution < 1.29 is 19.1 Å². The lowest BCUT2D eigenvalue weighted by molar-refractivity contribution is 0.0499. The van der Waals surface area contributed by atoms with Crippen LogP contribution in [0.5, 0.6) is 0 Å². The number of esters is 2. The number of carbonyl (C=O) groups excluding carboxylic acids is 2. The number of rotatable bonds is 12. The number of carbonyl (C=O) groups is 2. The number of methoxy groups -OCH3 is 1. The van der Waals surface area contributed by atoms with Crippen molar-refractivity contribution in [2.45, 2.75) is 12.8 Å². The summed E-state index contributed by atoms with van der Waals surface area (Å²) in [6.45, 7) is 0.249. The predicted molar refractivity (Wildman–Crippen MR) is 183 cm³/mol. The number of aryl methyl sites for hydroxylation is 1. The van der Waals surface area contributed by atoms with E-state index < -0.39 is 11.9 Å². The van der Waals surface area contributed by atoms with Crippen LogP contribution in [-0.2, 0) is 15.9 Å². The van der Waals surface area contributed by atoms with Crippen molar-refractivity contribution in [3.63, 3.8) is 0 Å². The molecule has 0 fully saturated rings. The number of hydrogen-bond donors (Lipinski definition) is 0. The zero-order valence-corrected chi connectivity index (χ0v) is 26.2. The topological polar surface area (TPSA) is 111 Å². The van der Waals surface area contributed by atoms with Gasteiger partial charge in [0, 0.05) is 47.5 Å². The Bertz CT molecular complexity index is 1890. The summed E-state index contributed by atoms with van der Waals surface area (Å²) in [6, 6.07) is 37.4. The van der Waals surface area contributed by atoms with Gasteiger partial charge in [0.1, 0.15) is 0 Å². The fourth-order valence-corrected chi connectivity index (χ4v) is 5.03. The summed E-state index contributed by atoms with van der Waals surface area (Å²) in [4.78, 5) is 46.3. The zero-order chi connectivity index (χ0) is 33.1. The van der Waals surface area contributed by atoms with Gasteiger partial charge >= 0.3 is 11.9 Å². The molecule has 6 rings (SSSR count). The maximum absolute atomic E-state index is 12.8. The SMILES string of the molecule is COC(=O)c1cnc(N(c2ccccc2)c2ccc(CCCOC(=O)c3cnc(N(c4ccccc4)c4ccccc4)nc3)cc2)nc1. The lowest BCUT2D eigenvalue weighted by atomic mass is 10.1. The first-order chi connectivity index (χ1) is 23.6. The van der Waals surface area contributed by atoms with Crippen molar-refractivity contribution in [2.75, 3.05) is 23.5 Å². The van der Waals surface area contributed by atoms with Gasteiger partial charge in [-0.3, -0.25) is 9.80 Å². The summed E-state index contributed by atoms with van der Waals surface area (Å²) >= 11 is 0. The summed E-state index contributed by atoms with van der Waals surface area (Å²) in [7, 11) is 1.32. The average molecular weight is 637 g/mol. The molecule has 4 aromatic carbocycles. The van der Waals surface area contributed by atoms with Crippen molar-refractivity contribution in [1.29, 1.82) is 0 Å². The minimum Gasteiger partial charge on any atom is -0.465 e. The highest BCUT2D eigenvalue weighted by molar-refractivity contribution is 5.89. The van der Waals surface area contributed by atoms with E-state index in [0.29, 0.717) is 24.7 Å². The summed E-state index contributed by atoms with van der Waals surface area (Å²) < 4.78 is 10.3. The highest BCUT2D eigenvalue weighted by atomic mass is 16.5. The predicted octanol–water partition coefficient (Wildman–Crippen LogP) is 7.78. The first-order valence-corrected chi connectivity index (χ1v) is 15.3. The fourth-order valence-electron chi connectivity index (χ4n) is 5.03. The van der Waals surface area contributed by atoms with Gasteiger partial charge in [0.15, 0.2) is 0 Å². The Labute approximate surface area is 278 Å². The van der Waals surface area contributed by atoms with Crippen LogP contribution < -0.4 is 9.80 Å². The van der Waals surface area contributed by atoms with Crippen LogP contribution in [0, 0.1) is 0 Å². The van der Waals surface area contributed by atoms with E-state index in [1.807, 2.05) is 125 Å².